The highest BCUT2D eigenvalue weighted by atomic mass is 16.5. The molecule has 1 saturated heterocycles. The Morgan fingerprint density at radius 1 is 1.19 bits per heavy atom. The van der Waals surface area contributed by atoms with Crippen LogP contribution in [-0.2, 0) is 4.74 Å². The van der Waals surface area contributed by atoms with Crippen LogP contribution in [0.5, 0.6) is 0 Å². The summed E-state index contributed by atoms with van der Waals surface area (Å²) in [6.45, 7) is 1.81. The van der Waals surface area contributed by atoms with Crippen molar-refractivity contribution in [2.45, 2.75) is 25.2 Å². The second-order valence-corrected chi connectivity index (χ2v) is 4.55. The van der Waals surface area contributed by atoms with Crippen LogP contribution in [0.3, 0.4) is 0 Å². The number of benzene rings is 1. The van der Waals surface area contributed by atoms with Crippen LogP contribution in [0.2, 0.25) is 0 Å². The molecule has 0 aliphatic carbocycles. The summed E-state index contributed by atoms with van der Waals surface area (Å²) in [7, 11) is 0. The van der Waals surface area contributed by atoms with E-state index in [0.29, 0.717) is 5.92 Å². The third-order valence-corrected chi connectivity index (χ3v) is 3.48. The SMILES string of the molecule is c1cc(C2CCCCOC2)c2cc[nH]c2c1. The van der Waals surface area contributed by atoms with Gasteiger partial charge in [0, 0.05) is 29.6 Å². The molecule has 1 aromatic carbocycles. The zero-order chi connectivity index (χ0) is 10.8. The van der Waals surface area contributed by atoms with E-state index in [2.05, 4.69) is 29.2 Å². The number of aromatic nitrogens is 1. The van der Waals surface area contributed by atoms with Gasteiger partial charge in [0.2, 0.25) is 0 Å². The minimum absolute atomic E-state index is 0.571. The van der Waals surface area contributed by atoms with E-state index in [1.54, 1.807) is 0 Å². The zero-order valence-corrected chi connectivity index (χ0v) is 9.41. The van der Waals surface area contributed by atoms with E-state index in [1.165, 1.54) is 35.7 Å². The van der Waals surface area contributed by atoms with Crippen molar-refractivity contribution in [1.29, 1.82) is 0 Å². The lowest BCUT2D eigenvalue weighted by molar-refractivity contribution is 0.134. The van der Waals surface area contributed by atoms with Gasteiger partial charge in [0.1, 0.15) is 0 Å². The van der Waals surface area contributed by atoms with Crippen LogP contribution in [-0.4, -0.2) is 18.2 Å². The summed E-state index contributed by atoms with van der Waals surface area (Å²) < 4.78 is 5.68. The molecule has 1 atom stereocenters. The molecule has 1 fully saturated rings. The number of hydrogen-bond acceptors (Lipinski definition) is 1. The van der Waals surface area contributed by atoms with Gasteiger partial charge in [0.15, 0.2) is 0 Å². The van der Waals surface area contributed by atoms with Crippen LogP contribution in [0.25, 0.3) is 10.9 Å². The quantitative estimate of drug-likeness (QED) is 0.774. The van der Waals surface area contributed by atoms with Crippen molar-refractivity contribution in [2.24, 2.45) is 0 Å². The molecule has 0 saturated carbocycles. The highest BCUT2D eigenvalue weighted by Gasteiger charge is 2.16. The highest BCUT2D eigenvalue weighted by molar-refractivity contribution is 5.83. The third kappa shape index (κ3) is 1.74. The molecule has 16 heavy (non-hydrogen) atoms. The van der Waals surface area contributed by atoms with Gasteiger partial charge in [-0.15, -0.1) is 0 Å². The third-order valence-electron chi connectivity index (χ3n) is 3.48. The van der Waals surface area contributed by atoms with Gasteiger partial charge in [0.05, 0.1) is 6.61 Å². The van der Waals surface area contributed by atoms with E-state index >= 15 is 0 Å². The van der Waals surface area contributed by atoms with Crippen molar-refractivity contribution in [3.8, 4) is 0 Å². The molecule has 0 bridgehead atoms. The van der Waals surface area contributed by atoms with Crippen molar-refractivity contribution >= 4 is 10.9 Å². The Balaban J connectivity index is 2.00. The second-order valence-electron chi connectivity index (χ2n) is 4.55. The topological polar surface area (TPSA) is 25.0 Å². The predicted molar refractivity (Wildman–Crippen MR) is 65.7 cm³/mol. The van der Waals surface area contributed by atoms with Gasteiger partial charge in [-0.3, -0.25) is 0 Å². The van der Waals surface area contributed by atoms with Crippen LogP contribution in [0.1, 0.15) is 30.7 Å². The molecule has 3 rings (SSSR count). The fourth-order valence-corrected chi connectivity index (χ4v) is 2.61. The lowest BCUT2D eigenvalue weighted by Gasteiger charge is -2.15. The highest BCUT2D eigenvalue weighted by Crippen LogP contribution is 2.30. The van der Waals surface area contributed by atoms with Crippen molar-refractivity contribution in [3.05, 3.63) is 36.0 Å². The van der Waals surface area contributed by atoms with Gasteiger partial charge in [-0.1, -0.05) is 18.6 Å². The Labute approximate surface area is 95.6 Å². The number of hydrogen-bond donors (Lipinski definition) is 1. The van der Waals surface area contributed by atoms with Crippen molar-refractivity contribution in [1.82, 2.24) is 4.98 Å². The number of H-pyrrole nitrogens is 1. The lowest BCUT2D eigenvalue weighted by Crippen LogP contribution is -2.05. The fourth-order valence-electron chi connectivity index (χ4n) is 2.61. The van der Waals surface area contributed by atoms with Crippen LogP contribution in [0.15, 0.2) is 30.5 Å². The standard InChI is InChI=1S/C14H17NO/c1-2-9-16-10-11(4-1)12-5-3-6-14-13(12)7-8-15-14/h3,5-8,11,15H,1-2,4,9-10H2. The van der Waals surface area contributed by atoms with E-state index in [9.17, 15) is 0 Å². The number of aromatic amines is 1. The molecule has 1 aliphatic rings. The minimum atomic E-state index is 0.571. The van der Waals surface area contributed by atoms with E-state index < -0.39 is 0 Å². The van der Waals surface area contributed by atoms with Gasteiger partial charge in [0.25, 0.3) is 0 Å². The molecule has 1 aromatic heterocycles. The van der Waals surface area contributed by atoms with Crippen LogP contribution < -0.4 is 0 Å². The molecule has 0 amide bonds. The Kier molecular flexibility index (Phi) is 2.66. The first-order valence-electron chi connectivity index (χ1n) is 6.09. The van der Waals surface area contributed by atoms with E-state index in [-0.39, 0.29) is 0 Å². The van der Waals surface area contributed by atoms with Crippen LogP contribution >= 0.6 is 0 Å². The van der Waals surface area contributed by atoms with E-state index in [1.807, 2.05) is 6.20 Å². The Hall–Kier alpha value is -1.28. The number of rotatable bonds is 1. The Morgan fingerprint density at radius 2 is 2.19 bits per heavy atom. The van der Waals surface area contributed by atoms with Crippen molar-refractivity contribution in [3.63, 3.8) is 0 Å². The van der Waals surface area contributed by atoms with Gasteiger partial charge >= 0.3 is 0 Å². The summed E-state index contributed by atoms with van der Waals surface area (Å²) in [5.74, 6) is 0.571. The van der Waals surface area contributed by atoms with Gasteiger partial charge in [-0.25, -0.2) is 0 Å². The van der Waals surface area contributed by atoms with Crippen molar-refractivity contribution in [2.75, 3.05) is 13.2 Å². The molecule has 0 spiro atoms. The number of nitrogens with one attached hydrogen (secondary N) is 1. The minimum Gasteiger partial charge on any atom is -0.381 e. The molecule has 0 radical (unpaired) electrons. The maximum Gasteiger partial charge on any atom is 0.0534 e. The first-order chi connectivity index (χ1) is 7.95. The summed E-state index contributed by atoms with van der Waals surface area (Å²) in [5.41, 5.74) is 2.68. The number of ether oxygens (including phenoxy) is 1. The van der Waals surface area contributed by atoms with Gasteiger partial charge in [-0.2, -0.15) is 0 Å². The van der Waals surface area contributed by atoms with Crippen LogP contribution in [0, 0.1) is 0 Å². The normalized spacial score (nSPS) is 22.1. The van der Waals surface area contributed by atoms with E-state index in [4.69, 9.17) is 4.74 Å². The van der Waals surface area contributed by atoms with Gasteiger partial charge < -0.3 is 9.72 Å². The molecule has 2 aromatic rings. The summed E-state index contributed by atoms with van der Waals surface area (Å²) in [6.07, 6.45) is 5.76. The summed E-state index contributed by atoms with van der Waals surface area (Å²) in [4.78, 5) is 3.27. The molecular formula is C14H17NO. The smallest absolute Gasteiger partial charge is 0.0534 e. The zero-order valence-electron chi connectivity index (χ0n) is 9.41. The monoisotopic (exact) mass is 215 g/mol. The summed E-state index contributed by atoms with van der Waals surface area (Å²) in [5, 5.41) is 1.36. The maximum atomic E-state index is 5.68. The molecule has 2 heterocycles. The summed E-state index contributed by atoms with van der Waals surface area (Å²) >= 11 is 0. The lowest BCUT2D eigenvalue weighted by atomic mass is 9.92. The maximum absolute atomic E-state index is 5.68. The molecule has 2 heteroatoms. The van der Waals surface area contributed by atoms with Crippen molar-refractivity contribution < 1.29 is 4.74 Å². The van der Waals surface area contributed by atoms with Crippen LogP contribution in [0.4, 0.5) is 0 Å². The molecular weight excluding hydrogens is 198 g/mol. The van der Waals surface area contributed by atoms with E-state index in [0.717, 1.165) is 13.2 Å². The average Bonchev–Trinajstić information content (AvgIpc) is 2.63. The molecule has 2 nitrogen and oxygen atoms in total. The summed E-state index contributed by atoms with van der Waals surface area (Å²) in [6, 6.07) is 8.69. The molecule has 1 N–H and O–H groups in total. The fraction of sp³-hybridized carbons (Fsp3) is 0.429. The first kappa shape index (κ1) is 9.91. The first-order valence-corrected chi connectivity index (χ1v) is 6.09. The molecule has 1 unspecified atom stereocenters. The number of fused-ring (bicyclic) bond motifs is 1. The Morgan fingerprint density at radius 3 is 3.19 bits per heavy atom. The second kappa shape index (κ2) is 4.30. The predicted octanol–water partition coefficient (Wildman–Crippen LogP) is 3.45. The Bertz CT molecular complexity index is 466. The largest absolute Gasteiger partial charge is 0.381 e. The average molecular weight is 215 g/mol. The molecule has 1 aliphatic heterocycles. The molecule has 84 valence electrons. The van der Waals surface area contributed by atoms with Gasteiger partial charge in [-0.05, 0) is 30.5 Å².